The van der Waals surface area contributed by atoms with Gasteiger partial charge < -0.3 is 24.3 Å². The third-order valence-electron chi connectivity index (χ3n) is 6.29. The highest BCUT2D eigenvalue weighted by Crippen LogP contribution is 2.47. The number of ether oxygens (including phenoxy) is 4. The number of benzene rings is 2. The molecular weight excluding hydrogens is 490 g/mol. The van der Waals surface area contributed by atoms with Gasteiger partial charge in [0.1, 0.15) is 11.5 Å². The molecule has 1 N–H and O–H groups in total. The van der Waals surface area contributed by atoms with Gasteiger partial charge in [-0.25, -0.2) is 0 Å². The normalized spacial score (nSPS) is 20.2. The summed E-state index contributed by atoms with van der Waals surface area (Å²) in [5.74, 6) is 1.88. The fourth-order valence-electron chi connectivity index (χ4n) is 4.72. The van der Waals surface area contributed by atoms with Gasteiger partial charge in [0.2, 0.25) is 5.91 Å². The van der Waals surface area contributed by atoms with Crippen molar-refractivity contribution >= 4 is 27.6 Å². The molecular formula is C25H26BrNO6. The highest BCUT2D eigenvalue weighted by atomic mass is 79.9. The van der Waals surface area contributed by atoms with Gasteiger partial charge in [-0.2, -0.15) is 0 Å². The second-order valence-corrected chi connectivity index (χ2v) is 8.92. The molecule has 174 valence electrons. The van der Waals surface area contributed by atoms with Crippen molar-refractivity contribution < 1.29 is 28.5 Å². The minimum Gasteiger partial charge on any atom is -0.496 e. The Kier molecular flexibility index (Phi) is 6.65. The van der Waals surface area contributed by atoms with E-state index in [0.29, 0.717) is 47.1 Å². The molecule has 33 heavy (non-hydrogen) atoms. The number of methoxy groups -OCH3 is 4. The number of Topliss-reactive ketones (excluding diaryl/α,β-unsaturated/α-hetero) is 1. The van der Waals surface area contributed by atoms with Gasteiger partial charge in [-0.1, -0.05) is 6.07 Å². The minimum absolute atomic E-state index is 0.0185. The summed E-state index contributed by atoms with van der Waals surface area (Å²) in [6.07, 6.45) is 1.07. The molecule has 0 aromatic heterocycles. The monoisotopic (exact) mass is 515 g/mol. The van der Waals surface area contributed by atoms with Gasteiger partial charge in [-0.15, -0.1) is 0 Å². The predicted molar refractivity (Wildman–Crippen MR) is 126 cm³/mol. The quantitative estimate of drug-likeness (QED) is 0.610. The molecule has 1 amide bonds. The molecule has 1 aliphatic carbocycles. The number of carbonyl (C=O) groups is 2. The van der Waals surface area contributed by atoms with E-state index in [1.807, 2.05) is 24.3 Å². The van der Waals surface area contributed by atoms with Crippen LogP contribution in [-0.2, 0) is 9.59 Å². The summed E-state index contributed by atoms with van der Waals surface area (Å²) in [6, 6.07) is 9.32. The highest BCUT2D eigenvalue weighted by Gasteiger charge is 2.39. The Morgan fingerprint density at radius 2 is 1.52 bits per heavy atom. The van der Waals surface area contributed by atoms with E-state index in [1.165, 1.54) is 0 Å². The lowest BCUT2D eigenvalue weighted by molar-refractivity contribution is -0.122. The first-order valence-electron chi connectivity index (χ1n) is 10.6. The Labute approximate surface area is 201 Å². The summed E-state index contributed by atoms with van der Waals surface area (Å²) >= 11 is 3.47. The van der Waals surface area contributed by atoms with Crippen LogP contribution in [0.25, 0.3) is 0 Å². The number of amides is 1. The molecule has 2 aromatic carbocycles. The van der Waals surface area contributed by atoms with Crippen molar-refractivity contribution in [1.82, 2.24) is 5.32 Å². The van der Waals surface area contributed by atoms with E-state index < -0.39 is 5.92 Å². The first kappa shape index (κ1) is 23.2. The molecule has 7 nitrogen and oxygen atoms in total. The van der Waals surface area contributed by atoms with E-state index in [4.69, 9.17) is 18.9 Å². The number of rotatable bonds is 6. The molecule has 2 aliphatic rings. The summed E-state index contributed by atoms with van der Waals surface area (Å²) in [4.78, 5) is 26.1. The lowest BCUT2D eigenvalue weighted by atomic mass is 9.73. The maximum atomic E-state index is 13.5. The number of allylic oxidation sites excluding steroid dienone is 2. The average Bonchev–Trinajstić information content (AvgIpc) is 2.82. The Morgan fingerprint density at radius 1 is 0.818 bits per heavy atom. The molecule has 0 fully saturated rings. The molecule has 0 saturated carbocycles. The van der Waals surface area contributed by atoms with E-state index in [-0.39, 0.29) is 24.0 Å². The zero-order valence-electron chi connectivity index (χ0n) is 19.0. The van der Waals surface area contributed by atoms with Crippen molar-refractivity contribution in [2.45, 2.75) is 31.1 Å². The number of halogens is 1. The van der Waals surface area contributed by atoms with Gasteiger partial charge in [0, 0.05) is 35.6 Å². The fraction of sp³-hybridized carbons (Fsp3) is 0.360. The van der Waals surface area contributed by atoms with Crippen LogP contribution in [0.5, 0.6) is 23.0 Å². The SMILES string of the molecule is COc1cc([C@@H]2CC(=O)NC3=C2C(=O)C[C@@H](c2ccc(OC)c(OC)c2)C3)c(OC)cc1Br. The van der Waals surface area contributed by atoms with Gasteiger partial charge in [0.15, 0.2) is 17.3 Å². The molecule has 0 bridgehead atoms. The van der Waals surface area contributed by atoms with E-state index in [2.05, 4.69) is 21.2 Å². The second kappa shape index (κ2) is 9.47. The summed E-state index contributed by atoms with van der Waals surface area (Å²) in [7, 11) is 6.32. The summed E-state index contributed by atoms with van der Waals surface area (Å²) < 4.78 is 22.5. The number of hydrogen-bond donors (Lipinski definition) is 1. The van der Waals surface area contributed by atoms with Crippen molar-refractivity contribution in [3.05, 3.63) is 57.2 Å². The Morgan fingerprint density at radius 3 is 2.18 bits per heavy atom. The topological polar surface area (TPSA) is 83.1 Å². The standard InChI is InChI=1S/C25H26BrNO6/c1-30-20-6-5-13(9-23(20)33-4)14-7-18-25(19(28)8-14)16(11-24(29)27-18)15-10-22(32-3)17(26)12-21(15)31-2/h5-6,9-10,12,14,16H,7-8,11H2,1-4H3,(H,27,29)/t14-,16-/m0/s1. The number of nitrogens with one attached hydrogen (secondary N) is 1. The average molecular weight is 516 g/mol. The molecule has 1 aliphatic heterocycles. The maximum Gasteiger partial charge on any atom is 0.225 e. The van der Waals surface area contributed by atoms with E-state index in [0.717, 1.165) is 15.6 Å². The van der Waals surface area contributed by atoms with Crippen LogP contribution in [0.4, 0.5) is 0 Å². The van der Waals surface area contributed by atoms with Crippen LogP contribution >= 0.6 is 15.9 Å². The molecule has 0 spiro atoms. The second-order valence-electron chi connectivity index (χ2n) is 8.07. The van der Waals surface area contributed by atoms with Crippen LogP contribution < -0.4 is 24.3 Å². The largest absolute Gasteiger partial charge is 0.496 e. The molecule has 0 unspecified atom stereocenters. The van der Waals surface area contributed by atoms with Gasteiger partial charge in [-0.3, -0.25) is 9.59 Å². The molecule has 8 heteroatoms. The lowest BCUT2D eigenvalue weighted by Gasteiger charge is -2.35. The summed E-state index contributed by atoms with van der Waals surface area (Å²) in [5.41, 5.74) is 3.05. The van der Waals surface area contributed by atoms with Crippen LogP contribution in [0.15, 0.2) is 46.1 Å². The first-order valence-corrected chi connectivity index (χ1v) is 11.4. The van der Waals surface area contributed by atoms with Crippen molar-refractivity contribution in [3.63, 3.8) is 0 Å². The fourth-order valence-corrected chi connectivity index (χ4v) is 5.21. The van der Waals surface area contributed by atoms with Crippen molar-refractivity contribution in [2.75, 3.05) is 28.4 Å². The van der Waals surface area contributed by atoms with Crippen LogP contribution in [0.1, 0.15) is 42.2 Å². The van der Waals surface area contributed by atoms with Gasteiger partial charge >= 0.3 is 0 Å². The maximum absolute atomic E-state index is 13.5. The highest BCUT2D eigenvalue weighted by molar-refractivity contribution is 9.10. The molecule has 0 saturated heterocycles. The third kappa shape index (κ3) is 4.31. The van der Waals surface area contributed by atoms with Crippen LogP contribution in [-0.4, -0.2) is 40.1 Å². The number of ketones is 1. The smallest absolute Gasteiger partial charge is 0.225 e. The Hall–Kier alpha value is -3.00. The van der Waals surface area contributed by atoms with E-state index in [9.17, 15) is 9.59 Å². The van der Waals surface area contributed by atoms with Crippen molar-refractivity contribution in [1.29, 1.82) is 0 Å². The van der Waals surface area contributed by atoms with Gasteiger partial charge in [-0.05, 0) is 58.1 Å². The van der Waals surface area contributed by atoms with Gasteiger partial charge in [0.25, 0.3) is 0 Å². The minimum atomic E-state index is -0.399. The predicted octanol–water partition coefficient (Wildman–Crippen LogP) is 4.49. The zero-order valence-corrected chi connectivity index (χ0v) is 20.6. The van der Waals surface area contributed by atoms with Crippen LogP contribution in [0.2, 0.25) is 0 Å². The number of hydrogen-bond acceptors (Lipinski definition) is 6. The molecule has 0 radical (unpaired) electrons. The van der Waals surface area contributed by atoms with Crippen LogP contribution in [0.3, 0.4) is 0 Å². The van der Waals surface area contributed by atoms with E-state index >= 15 is 0 Å². The van der Waals surface area contributed by atoms with Crippen LogP contribution in [0, 0.1) is 0 Å². The number of carbonyl (C=O) groups excluding carboxylic acids is 2. The summed E-state index contributed by atoms with van der Waals surface area (Å²) in [6.45, 7) is 0. The van der Waals surface area contributed by atoms with E-state index in [1.54, 1.807) is 34.5 Å². The Bertz CT molecular complexity index is 1140. The molecule has 4 rings (SSSR count). The van der Waals surface area contributed by atoms with Gasteiger partial charge in [0.05, 0.1) is 32.9 Å². The Balaban J connectivity index is 1.75. The third-order valence-corrected chi connectivity index (χ3v) is 6.91. The molecule has 1 heterocycles. The molecule has 2 aromatic rings. The zero-order chi connectivity index (χ0) is 23.7. The lowest BCUT2D eigenvalue weighted by Crippen LogP contribution is -2.38. The van der Waals surface area contributed by atoms with Crippen molar-refractivity contribution in [3.8, 4) is 23.0 Å². The molecule has 2 atom stereocenters. The first-order chi connectivity index (χ1) is 15.9. The summed E-state index contributed by atoms with van der Waals surface area (Å²) in [5, 5.41) is 2.96. The van der Waals surface area contributed by atoms with Crippen molar-refractivity contribution in [2.24, 2.45) is 0 Å².